The summed E-state index contributed by atoms with van der Waals surface area (Å²) in [5.41, 5.74) is 1.20. The molecule has 1 saturated heterocycles. The van der Waals surface area contributed by atoms with E-state index in [9.17, 15) is 9.90 Å². The summed E-state index contributed by atoms with van der Waals surface area (Å²) in [5, 5.41) is 10.9. The smallest absolute Gasteiger partial charge is 0.281 e. The zero-order valence-electron chi connectivity index (χ0n) is 11.6. The van der Waals surface area contributed by atoms with Gasteiger partial charge in [-0.15, -0.1) is 0 Å². The van der Waals surface area contributed by atoms with Gasteiger partial charge in [-0.1, -0.05) is 11.8 Å². The summed E-state index contributed by atoms with van der Waals surface area (Å²) in [7, 11) is 0. The SMILES string of the molecule is CC(O)CN1CCSC1=NC(=O)c1c[nH]c2ncccc12. The number of hydrogen-bond acceptors (Lipinski definition) is 4. The van der Waals surface area contributed by atoms with Crippen molar-refractivity contribution in [3.05, 3.63) is 30.1 Å². The summed E-state index contributed by atoms with van der Waals surface area (Å²) in [4.78, 5) is 25.7. The van der Waals surface area contributed by atoms with E-state index in [1.54, 1.807) is 37.1 Å². The number of carbonyl (C=O) groups is 1. The quantitative estimate of drug-likeness (QED) is 0.898. The second-order valence-corrected chi connectivity index (χ2v) is 6.01. The van der Waals surface area contributed by atoms with E-state index in [0.717, 1.165) is 17.7 Å². The molecule has 0 spiro atoms. The molecule has 1 amide bonds. The maximum absolute atomic E-state index is 12.4. The Morgan fingerprint density at radius 3 is 3.33 bits per heavy atom. The third kappa shape index (κ3) is 2.93. The first-order chi connectivity index (χ1) is 10.1. The van der Waals surface area contributed by atoms with Crippen molar-refractivity contribution in [2.45, 2.75) is 13.0 Å². The highest BCUT2D eigenvalue weighted by molar-refractivity contribution is 8.14. The maximum Gasteiger partial charge on any atom is 0.281 e. The van der Waals surface area contributed by atoms with Gasteiger partial charge in [0, 0.05) is 36.6 Å². The lowest BCUT2D eigenvalue weighted by Gasteiger charge is -2.18. The Morgan fingerprint density at radius 2 is 2.52 bits per heavy atom. The van der Waals surface area contributed by atoms with Crippen molar-refractivity contribution in [1.29, 1.82) is 0 Å². The monoisotopic (exact) mass is 304 g/mol. The van der Waals surface area contributed by atoms with E-state index in [4.69, 9.17) is 0 Å². The van der Waals surface area contributed by atoms with Crippen LogP contribution in [-0.4, -0.2) is 56.0 Å². The number of aliphatic hydroxyl groups excluding tert-OH is 1. The molecule has 1 atom stereocenters. The minimum atomic E-state index is -0.443. The largest absolute Gasteiger partial charge is 0.392 e. The molecule has 110 valence electrons. The Labute approximate surface area is 126 Å². The molecule has 0 aromatic carbocycles. The van der Waals surface area contributed by atoms with Crippen LogP contribution < -0.4 is 0 Å². The molecule has 1 fully saturated rings. The van der Waals surface area contributed by atoms with Gasteiger partial charge in [-0.2, -0.15) is 4.99 Å². The van der Waals surface area contributed by atoms with Crippen LogP contribution in [0.5, 0.6) is 0 Å². The summed E-state index contributed by atoms with van der Waals surface area (Å²) in [5.74, 6) is 0.600. The molecule has 6 nitrogen and oxygen atoms in total. The number of rotatable bonds is 3. The molecule has 2 N–H and O–H groups in total. The fourth-order valence-corrected chi connectivity index (χ4v) is 3.30. The summed E-state index contributed by atoms with van der Waals surface area (Å²) in [6.07, 6.45) is 2.88. The Morgan fingerprint density at radius 1 is 1.67 bits per heavy atom. The van der Waals surface area contributed by atoms with Crippen molar-refractivity contribution in [2.75, 3.05) is 18.8 Å². The first kappa shape index (κ1) is 14.1. The third-order valence-corrected chi connectivity index (χ3v) is 4.22. The maximum atomic E-state index is 12.4. The van der Waals surface area contributed by atoms with Gasteiger partial charge in [0.05, 0.1) is 11.7 Å². The van der Waals surface area contributed by atoms with Crippen LogP contribution in [0.1, 0.15) is 17.3 Å². The Balaban J connectivity index is 1.86. The Hall–Kier alpha value is -1.86. The predicted octanol–water partition coefficient (Wildman–Crippen LogP) is 1.49. The number of nitrogens with one attached hydrogen (secondary N) is 1. The number of β-amino-alcohol motifs (C(OH)–C–C–N with tert-alkyl or cyclic N) is 1. The first-order valence-corrected chi connectivity index (χ1v) is 7.74. The van der Waals surface area contributed by atoms with Gasteiger partial charge in [-0.05, 0) is 19.1 Å². The number of nitrogens with zero attached hydrogens (tertiary/aromatic N) is 3. The van der Waals surface area contributed by atoms with Crippen molar-refractivity contribution in [3.8, 4) is 0 Å². The van der Waals surface area contributed by atoms with Crippen LogP contribution in [0, 0.1) is 0 Å². The predicted molar refractivity (Wildman–Crippen MR) is 83.6 cm³/mol. The van der Waals surface area contributed by atoms with Gasteiger partial charge in [0.15, 0.2) is 5.17 Å². The van der Waals surface area contributed by atoms with Gasteiger partial charge in [0.2, 0.25) is 0 Å². The van der Waals surface area contributed by atoms with Crippen molar-refractivity contribution in [2.24, 2.45) is 4.99 Å². The molecule has 0 radical (unpaired) electrons. The normalized spacial score (nSPS) is 18.6. The third-order valence-electron chi connectivity index (χ3n) is 3.23. The average Bonchev–Trinajstić information content (AvgIpc) is 3.05. The lowest BCUT2D eigenvalue weighted by atomic mass is 10.2. The fourth-order valence-electron chi connectivity index (χ4n) is 2.31. The molecule has 21 heavy (non-hydrogen) atoms. The molecule has 3 rings (SSSR count). The van der Waals surface area contributed by atoms with Crippen LogP contribution in [0.25, 0.3) is 11.0 Å². The number of amides is 1. The first-order valence-electron chi connectivity index (χ1n) is 6.76. The Bertz CT molecular complexity index is 695. The standard InChI is InChI=1S/C14H16N4O2S/c1-9(19)8-18-5-6-21-14(18)17-13(20)11-7-16-12-10(11)3-2-4-15-12/h2-4,7,9,19H,5-6,8H2,1H3,(H,15,16). The van der Waals surface area contributed by atoms with Crippen molar-refractivity contribution < 1.29 is 9.90 Å². The van der Waals surface area contributed by atoms with Crippen molar-refractivity contribution in [3.63, 3.8) is 0 Å². The number of thioether (sulfide) groups is 1. The molecule has 0 bridgehead atoms. The molecule has 0 aliphatic carbocycles. The number of amidine groups is 1. The number of hydrogen-bond donors (Lipinski definition) is 2. The average molecular weight is 304 g/mol. The van der Waals surface area contributed by atoms with Crippen LogP contribution in [0.15, 0.2) is 29.5 Å². The highest BCUT2D eigenvalue weighted by atomic mass is 32.2. The topological polar surface area (TPSA) is 81.6 Å². The number of carbonyl (C=O) groups excluding carboxylic acids is 1. The molecule has 7 heteroatoms. The van der Waals surface area contributed by atoms with Gasteiger partial charge in [0.25, 0.3) is 5.91 Å². The van der Waals surface area contributed by atoms with E-state index < -0.39 is 6.10 Å². The summed E-state index contributed by atoms with van der Waals surface area (Å²) in [6.45, 7) is 3.03. The molecule has 2 aromatic heterocycles. The van der Waals surface area contributed by atoms with E-state index in [0.29, 0.717) is 22.9 Å². The van der Waals surface area contributed by atoms with Crippen molar-refractivity contribution >= 4 is 33.9 Å². The van der Waals surface area contributed by atoms with Gasteiger partial charge < -0.3 is 15.0 Å². The van der Waals surface area contributed by atoms with E-state index >= 15 is 0 Å². The van der Waals surface area contributed by atoms with Crippen LogP contribution >= 0.6 is 11.8 Å². The molecule has 3 heterocycles. The van der Waals surface area contributed by atoms with Gasteiger partial charge >= 0.3 is 0 Å². The van der Waals surface area contributed by atoms with Crippen LogP contribution in [0.3, 0.4) is 0 Å². The molecule has 2 aromatic rings. The van der Waals surface area contributed by atoms with Gasteiger partial charge in [-0.3, -0.25) is 4.79 Å². The van der Waals surface area contributed by atoms with Crippen molar-refractivity contribution in [1.82, 2.24) is 14.9 Å². The molecular weight excluding hydrogens is 288 g/mol. The highest BCUT2D eigenvalue weighted by Crippen LogP contribution is 2.21. The second-order valence-electron chi connectivity index (χ2n) is 4.94. The minimum Gasteiger partial charge on any atom is -0.392 e. The minimum absolute atomic E-state index is 0.283. The molecule has 1 aliphatic heterocycles. The van der Waals surface area contributed by atoms with E-state index in [2.05, 4.69) is 15.0 Å². The van der Waals surface area contributed by atoms with Crippen LogP contribution in [0.2, 0.25) is 0 Å². The molecule has 1 aliphatic rings. The van der Waals surface area contributed by atoms with E-state index in [1.807, 2.05) is 11.0 Å². The van der Waals surface area contributed by atoms with E-state index in [1.165, 1.54) is 0 Å². The van der Waals surface area contributed by atoms with Crippen LogP contribution in [0.4, 0.5) is 0 Å². The summed E-state index contributed by atoms with van der Waals surface area (Å²) >= 11 is 1.54. The van der Waals surface area contributed by atoms with Gasteiger partial charge in [0.1, 0.15) is 5.65 Å². The number of aromatic amines is 1. The molecule has 1 unspecified atom stereocenters. The molecular formula is C14H16N4O2S. The Kier molecular flexibility index (Phi) is 3.94. The number of aliphatic hydroxyl groups is 1. The number of aliphatic imine (C=N–C) groups is 1. The number of aromatic nitrogens is 2. The number of pyridine rings is 1. The van der Waals surface area contributed by atoms with E-state index in [-0.39, 0.29) is 5.91 Å². The second kappa shape index (κ2) is 5.87. The summed E-state index contributed by atoms with van der Waals surface area (Å²) < 4.78 is 0. The lowest BCUT2D eigenvalue weighted by Crippen LogP contribution is -2.32. The number of H-pyrrole nitrogens is 1. The zero-order chi connectivity index (χ0) is 14.8. The zero-order valence-corrected chi connectivity index (χ0v) is 12.4. The highest BCUT2D eigenvalue weighted by Gasteiger charge is 2.22. The number of fused-ring (bicyclic) bond motifs is 1. The lowest BCUT2D eigenvalue weighted by molar-refractivity contribution is 0.100. The fraction of sp³-hybridized carbons (Fsp3) is 0.357. The van der Waals surface area contributed by atoms with Crippen LogP contribution in [-0.2, 0) is 0 Å². The molecule has 0 saturated carbocycles. The van der Waals surface area contributed by atoms with Gasteiger partial charge in [-0.25, -0.2) is 4.98 Å². The summed E-state index contributed by atoms with van der Waals surface area (Å²) in [6, 6.07) is 3.64.